The molecule has 1 rings (SSSR count). The lowest BCUT2D eigenvalue weighted by molar-refractivity contribution is 0.485. The van der Waals surface area contributed by atoms with Crippen LogP contribution in [0, 0.1) is 0 Å². The van der Waals surface area contributed by atoms with Gasteiger partial charge < -0.3 is 17.2 Å². The highest BCUT2D eigenvalue weighted by Crippen LogP contribution is 1.95. The van der Waals surface area contributed by atoms with Crippen molar-refractivity contribution in [3.63, 3.8) is 0 Å². The monoisotopic (exact) mass is 232 g/mol. The predicted octanol–water partition coefficient (Wildman–Crippen LogP) is -0.669. The Morgan fingerprint density at radius 1 is 1.20 bits per heavy atom. The third-order valence-corrected chi connectivity index (χ3v) is 1.46. The number of benzene rings is 1. The quantitative estimate of drug-likeness (QED) is 0.219. The van der Waals surface area contributed by atoms with Crippen LogP contribution in [0.3, 0.4) is 0 Å². The van der Waals surface area contributed by atoms with Crippen LogP contribution in [0.15, 0.2) is 34.7 Å². The van der Waals surface area contributed by atoms with Crippen molar-refractivity contribution in [3.8, 4) is 0 Å². The second kappa shape index (κ2) is 5.83. The summed E-state index contributed by atoms with van der Waals surface area (Å²) in [5.74, 6) is -0.687. The van der Waals surface area contributed by atoms with E-state index in [-0.39, 0.29) is 0 Å². The Labute approximate surface area is 87.5 Å². The zero-order valence-corrected chi connectivity index (χ0v) is 8.55. The van der Waals surface area contributed by atoms with Crippen LogP contribution < -0.4 is 17.2 Å². The third-order valence-electron chi connectivity index (χ3n) is 1.02. The maximum absolute atomic E-state index is 9.65. The smallest absolute Gasteiger partial charge is 0.381 e. The van der Waals surface area contributed by atoms with Crippen molar-refractivity contribution in [1.82, 2.24) is 0 Å². The van der Waals surface area contributed by atoms with Gasteiger partial charge in [0.15, 0.2) is 0 Å². The lowest BCUT2D eigenvalue weighted by Gasteiger charge is -1.84. The highest BCUT2D eigenvalue weighted by molar-refractivity contribution is 7.84. The van der Waals surface area contributed by atoms with Crippen LogP contribution in [0.5, 0.6) is 0 Å². The van der Waals surface area contributed by atoms with Gasteiger partial charge in [-0.15, -0.1) is 4.40 Å². The molecule has 0 amide bonds. The molecule has 8 heteroatoms. The minimum Gasteiger partial charge on any atom is -0.399 e. The van der Waals surface area contributed by atoms with E-state index in [1.54, 1.807) is 0 Å². The summed E-state index contributed by atoms with van der Waals surface area (Å²) in [5.41, 5.74) is 15.3. The Kier molecular flexibility index (Phi) is 5.13. The molecule has 0 saturated carbocycles. The molecule has 0 radical (unpaired) electrons. The van der Waals surface area contributed by atoms with Crippen LogP contribution in [0.4, 0.5) is 5.69 Å². The van der Waals surface area contributed by atoms with Gasteiger partial charge in [0.05, 0.1) is 0 Å². The van der Waals surface area contributed by atoms with Crippen LogP contribution in [-0.4, -0.2) is 18.9 Å². The molecule has 0 saturated heterocycles. The average Bonchev–Trinajstić information content (AvgIpc) is 2.01. The van der Waals surface area contributed by atoms with E-state index in [2.05, 4.69) is 15.9 Å². The van der Waals surface area contributed by atoms with Crippen molar-refractivity contribution in [3.05, 3.63) is 30.3 Å². The Bertz CT molecular complexity index is 411. The topological polar surface area (TPSA) is 145 Å². The number of rotatable bonds is 1. The van der Waals surface area contributed by atoms with E-state index in [1.165, 1.54) is 0 Å². The Morgan fingerprint density at radius 2 is 1.67 bits per heavy atom. The van der Waals surface area contributed by atoms with E-state index in [1.807, 2.05) is 30.3 Å². The van der Waals surface area contributed by atoms with Crippen LogP contribution in [-0.2, 0) is 10.3 Å². The molecule has 0 aromatic heterocycles. The standard InChI is InChI=1S/C6H7N.CH5N3O3S/c7-6-4-2-1-3-5-6;2-1(3)4-8(5,6)7/h1-5H,7H2;(H4,2,3,4)(H,5,6,7). The minimum atomic E-state index is -4.39. The number of guanidine groups is 1. The highest BCUT2D eigenvalue weighted by atomic mass is 32.2. The summed E-state index contributed by atoms with van der Waals surface area (Å²) in [6, 6.07) is 9.49. The number of anilines is 1. The van der Waals surface area contributed by atoms with E-state index >= 15 is 0 Å². The Balaban J connectivity index is 0.000000262. The van der Waals surface area contributed by atoms with Gasteiger partial charge in [0.25, 0.3) is 0 Å². The molecular weight excluding hydrogens is 220 g/mol. The maximum Gasteiger partial charge on any atom is 0.381 e. The van der Waals surface area contributed by atoms with E-state index in [9.17, 15) is 8.42 Å². The molecule has 0 heterocycles. The van der Waals surface area contributed by atoms with Crippen molar-refractivity contribution < 1.29 is 13.0 Å². The van der Waals surface area contributed by atoms with Crippen LogP contribution in [0.1, 0.15) is 0 Å². The molecule has 0 unspecified atom stereocenters. The second-order valence-electron chi connectivity index (χ2n) is 2.37. The average molecular weight is 232 g/mol. The molecular formula is C7H12N4O3S. The largest absolute Gasteiger partial charge is 0.399 e. The number of nitrogen functional groups attached to an aromatic ring is 1. The summed E-state index contributed by atoms with van der Waals surface area (Å²) in [6.45, 7) is 0. The van der Waals surface area contributed by atoms with Gasteiger partial charge in [-0.3, -0.25) is 4.55 Å². The molecule has 15 heavy (non-hydrogen) atoms. The third kappa shape index (κ3) is 10.1. The molecule has 7 N–H and O–H groups in total. The van der Waals surface area contributed by atoms with Gasteiger partial charge in [0.2, 0.25) is 5.96 Å². The fraction of sp³-hybridized carbons (Fsp3) is 0. The minimum absolute atomic E-state index is 0.687. The number of hydrogen-bond donors (Lipinski definition) is 4. The van der Waals surface area contributed by atoms with Gasteiger partial charge in [-0.05, 0) is 12.1 Å². The zero-order valence-electron chi connectivity index (χ0n) is 7.74. The summed E-state index contributed by atoms with van der Waals surface area (Å²) in [5, 5.41) is 0. The number of hydrogen-bond acceptors (Lipinski definition) is 3. The maximum atomic E-state index is 9.65. The molecule has 0 atom stereocenters. The van der Waals surface area contributed by atoms with Gasteiger partial charge in [0, 0.05) is 5.69 Å². The van der Waals surface area contributed by atoms with E-state index in [0.29, 0.717) is 0 Å². The molecule has 1 aromatic rings. The molecule has 0 fully saturated rings. The number of nitrogens with two attached hydrogens (primary N) is 3. The van der Waals surface area contributed by atoms with Crippen LogP contribution in [0.25, 0.3) is 0 Å². The number of para-hydroxylation sites is 1. The SMILES string of the molecule is NC(N)=NS(=O)(=O)O.Nc1ccccc1. The first-order valence-electron chi connectivity index (χ1n) is 3.70. The highest BCUT2D eigenvalue weighted by Gasteiger charge is 1.96. The summed E-state index contributed by atoms with van der Waals surface area (Å²) < 4.78 is 29.5. The fourth-order valence-corrected chi connectivity index (χ4v) is 0.853. The molecule has 84 valence electrons. The van der Waals surface area contributed by atoms with Crippen molar-refractivity contribution in [2.75, 3.05) is 5.73 Å². The van der Waals surface area contributed by atoms with Gasteiger partial charge in [-0.1, -0.05) is 18.2 Å². The van der Waals surface area contributed by atoms with Gasteiger partial charge in [-0.2, -0.15) is 8.42 Å². The molecule has 0 aliphatic rings. The first-order chi connectivity index (χ1) is 6.81. The molecule has 7 nitrogen and oxygen atoms in total. The molecule has 0 spiro atoms. The summed E-state index contributed by atoms with van der Waals surface area (Å²) >= 11 is 0. The first-order valence-corrected chi connectivity index (χ1v) is 5.10. The summed E-state index contributed by atoms with van der Waals surface area (Å²) in [6.07, 6.45) is 0. The molecule has 0 bridgehead atoms. The second-order valence-corrected chi connectivity index (χ2v) is 3.45. The van der Waals surface area contributed by atoms with E-state index in [0.717, 1.165) is 5.69 Å². The lowest BCUT2D eigenvalue weighted by atomic mass is 10.3. The first kappa shape index (κ1) is 13.2. The lowest BCUT2D eigenvalue weighted by Crippen LogP contribution is -2.24. The van der Waals surface area contributed by atoms with Crippen molar-refractivity contribution >= 4 is 22.0 Å². The van der Waals surface area contributed by atoms with Gasteiger partial charge >= 0.3 is 10.3 Å². The van der Waals surface area contributed by atoms with Crippen molar-refractivity contribution in [2.24, 2.45) is 15.9 Å². The predicted molar refractivity (Wildman–Crippen MR) is 58.2 cm³/mol. The van der Waals surface area contributed by atoms with E-state index < -0.39 is 16.3 Å². The molecule has 0 aliphatic heterocycles. The van der Waals surface area contributed by atoms with Crippen LogP contribution >= 0.6 is 0 Å². The zero-order chi connectivity index (χ0) is 11.9. The van der Waals surface area contributed by atoms with Crippen molar-refractivity contribution in [1.29, 1.82) is 0 Å². The number of nitrogens with zero attached hydrogens (tertiary/aromatic N) is 1. The van der Waals surface area contributed by atoms with Gasteiger partial charge in [-0.25, -0.2) is 0 Å². The Morgan fingerprint density at radius 3 is 1.80 bits per heavy atom. The van der Waals surface area contributed by atoms with Crippen molar-refractivity contribution in [2.45, 2.75) is 0 Å². The fourth-order valence-electron chi connectivity index (χ4n) is 0.586. The van der Waals surface area contributed by atoms with Gasteiger partial charge in [0.1, 0.15) is 0 Å². The van der Waals surface area contributed by atoms with Crippen LogP contribution in [0.2, 0.25) is 0 Å². The van der Waals surface area contributed by atoms with E-state index in [4.69, 9.17) is 10.3 Å². The molecule has 0 aliphatic carbocycles. The summed E-state index contributed by atoms with van der Waals surface area (Å²) in [7, 11) is -4.39. The summed E-state index contributed by atoms with van der Waals surface area (Å²) in [4.78, 5) is 0. The Hall–Kier alpha value is -1.80. The normalized spacial score (nSPS) is 9.67. The molecule has 1 aromatic carbocycles.